The van der Waals surface area contributed by atoms with Crippen LogP contribution in [0.5, 0.6) is 0 Å². The van der Waals surface area contributed by atoms with E-state index in [0.717, 1.165) is 17.1 Å². The molecule has 22 heavy (non-hydrogen) atoms. The average molecular weight is 320 g/mol. The lowest BCUT2D eigenvalue weighted by Crippen LogP contribution is -2.19. The van der Waals surface area contributed by atoms with Crippen LogP contribution in [0.2, 0.25) is 0 Å². The Labute approximate surface area is 134 Å². The number of ether oxygens (including phenoxy) is 1. The van der Waals surface area contributed by atoms with Gasteiger partial charge in [0.05, 0.1) is 24.1 Å². The standard InChI is InChI=1S/C16H20N2O3S/c1-10(2)15(19)18-13-7-5-4-6-12(13)17-14-9-22-8-11(14)16(20)21-3/h4-7,10,17H,8-9H2,1-3H3,(H,18,19). The van der Waals surface area contributed by atoms with E-state index in [1.807, 2.05) is 38.1 Å². The summed E-state index contributed by atoms with van der Waals surface area (Å²) in [4.78, 5) is 23.7. The van der Waals surface area contributed by atoms with Gasteiger partial charge in [-0.2, -0.15) is 11.8 Å². The zero-order chi connectivity index (χ0) is 16.1. The molecule has 1 amide bonds. The molecule has 1 heterocycles. The van der Waals surface area contributed by atoms with E-state index in [4.69, 9.17) is 4.74 Å². The first kappa shape index (κ1) is 16.4. The molecular weight excluding hydrogens is 300 g/mol. The van der Waals surface area contributed by atoms with Gasteiger partial charge in [-0.25, -0.2) is 4.79 Å². The number of methoxy groups -OCH3 is 1. The smallest absolute Gasteiger partial charge is 0.336 e. The van der Waals surface area contributed by atoms with Gasteiger partial charge in [0.25, 0.3) is 0 Å². The normalized spacial score (nSPS) is 14.2. The van der Waals surface area contributed by atoms with Gasteiger partial charge in [0.15, 0.2) is 0 Å². The zero-order valence-corrected chi connectivity index (χ0v) is 13.8. The highest BCUT2D eigenvalue weighted by molar-refractivity contribution is 8.00. The number of esters is 1. The summed E-state index contributed by atoms with van der Waals surface area (Å²) in [5.41, 5.74) is 2.96. The summed E-state index contributed by atoms with van der Waals surface area (Å²) in [5.74, 6) is 0.903. The van der Waals surface area contributed by atoms with E-state index in [2.05, 4.69) is 10.6 Å². The predicted molar refractivity (Wildman–Crippen MR) is 89.9 cm³/mol. The summed E-state index contributed by atoms with van der Waals surface area (Å²) in [6.07, 6.45) is 0. The molecule has 118 valence electrons. The molecular formula is C16H20N2O3S. The van der Waals surface area contributed by atoms with Gasteiger partial charge in [-0.1, -0.05) is 26.0 Å². The average Bonchev–Trinajstić information content (AvgIpc) is 2.96. The monoisotopic (exact) mass is 320 g/mol. The number of thioether (sulfide) groups is 1. The second-order valence-electron chi connectivity index (χ2n) is 5.26. The Morgan fingerprint density at radius 3 is 2.50 bits per heavy atom. The van der Waals surface area contributed by atoms with Gasteiger partial charge in [0, 0.05) is 23.1 Å². The van der Waals surface area contributed by atoms with Crippen molar-refractivity contribution in [2.45, 2.75) is 13.8 Å². The first-order valence-electron chi connectivity index (χ1n) is 7.08. The molecule has 0 aromatic heterocycles. The van der Waals surface area contributed by atoms with Crippen molar-refractivity contribution in [3.05, 3.63) is 35.5 Å². The first-order chi connectivity index (χ1) is 10.5. The third-order valence-corrected chi connectivity index (χ3v) is 4.27. The molecule has 1 aliphatic heterocycles. The molecule has 2 N–H and O–H groups in total. The number of benzene rings is 1. The van der Waals surface area contributed by atoms with Crippen LogP contribution in [-0.2, 0) is 14.3 Å². The van der Waals surface area contributed by atoms with E-state index >= 15 is 0 Å². The third kappa shape index (κ3) is 3.82. The Bertz CT molecular complexity index is 611. The molecule has 0 spiro atoms. The lowest BCUT2D eigenvalue weighted by molar-refractivity contribution is -0.136. The molecule has 0 fully saturated rings. The topological polar surface area (TPSA) is 67.4 Å². The molecule has 0 bridgehead atoms. The second-order valence-corrected chi connectivity index (χ2v) is 6.24. The quantitative estimate of drug-likeness (QED) is 0.817. The van der Waals surface area contributed by atoms with Gasteiger partial charge in [-0.3, -0.25) is 4.79 Å². The van der Waals surface area contributed by atoms with Gasteiger partial charge in [0.2, 0.25) is 5.91 Å². The maximum Gasteiger partial charge on any atom is 0.336 e. The second kappa shape index (κ2) is 7.35. The van der Waals surface area contributed by atoms with E-state index in [-0.39, 0.29) is 17.8 Å². The molecule has 0 atom stereocenters. The molecule has 0 aliphatic carbocycles. The molecule has 0 saturated carbocycles. The van der Waals surface area contributed by atoms with Crippen LogP contribution < -0.4 is 10.6 Å². The molecule has 5 nitrogen and oxygen atoms in total. The molecule has 0 unspecified atom stereocenters. The number of hydrogen-bond acceptors (Lipinski definition) is 5. The Morgan fingerprint density at radius 1 is 1.18 bits per heavy atom. The highest BCUT2D eigenvalue weighted by atomic mass is 32.2. The fourth-order valence-electron chi connectivity index (χ4n) is 1.99. The van der Waals surface area contributed by atoms with Crippen molar-refractivity contribution in [2.24, 2.45) is 5.92 Å². The number of amides is 1. The molecule has 6 heteroatoms. The van der Waals surface area contributed by atoms with E-state index in [9.17, 15) is 9.59 Å². The highest BCUT2D eigenvalue weighted by Crippen LogP contribution is 2.30. The van der Waals surface area contributed by atoms with E-state index in [0.29, 0.717) is 17.0 Å². The fraction of sp³-hybridized carbons (Fsp3) is 0.375. The van der Waals surface area contributed by atoms with Gasteiger partial charge < -0.3 is 15.4 Å². The summed E-state index contributed by atoms with van der Waals surface area (Å²) >= 11 is 1.65. The minimum Gasteiger partial charge on any atom is -0.466 e. The fourth-order valence-corrected chi connectivity index (χ4v) is 3.04. The van der Waals surface area contributed by atoms with Gasteiger partial charge in [-0.15, -0.1) is 0 Å². The minimum atomic E-state index is -0.309. The van der Waals surface area contributed by atoms with Crippen molar-refractivity contribution in [2.75, 3.05) is 29.2 Å². The largest absolute Gasteiger partial charge is 0.466 e. The molecule has 2 rings (SSSR count). The SMILES string of the molecule is COC(=O)C1=C(Nc2ccccc2NC(=O)C(C)C)CSC1. The van der Waals surface area contributed by atoms with Crippen molar-refractivity contribution < 1.29 is 14.3 Å². The number of para-hydroxylation sites is 2. The summed E-state index contributed by atoms with van der Waals surface area (Å²) in [6, 6.07) is 7.46. The van der Waals surface area contributed by atoms with Gasteiger partial charge >= 0.3 is 5.97 Å². The Balaban J connectivity index is 2.23. The first-order valence-corrected chi connectivity index (χ1v) is 8.23. The summed E-state index contributed by atoms with van der Waals surface area (Å²) in [7, 11) is 1.38. The van der Waals surface area contributed by atoms with Gasteiger partial charge in [-0.05, 0) is 12.1 Å². The zero-order valence-electron chi connectivity index (χ0n) is 12.9. The van der Waals surface area contributed by atoms with Crippen molar-refractivity contribution in [1.29, 1.82) is 0 Å². The molecule has 0 saturated heterocycles. The maximum absolute atomic E-state index is 11.9. The van der Waals surface area contributed by atoms with E-state index < -0.39 is 0 Å². The number of nitrogens with one attached hydrogen (secondary N) is 2. The van der Waals surface area contributed by atoms with E-state index in [1.165, 1.54) is 7.11 Å². The Kier molecular flexibility index (Phi) is 5.49. The lowest BCUT2D eigenvalue weighted by atomic mass is 10.2. The van der Waals surface area contributed by atoms with Gasteiger partial charge in [0.1, 0.15) is 0 Å². The van der Waals surface area contributed by atoms with Crippen LogP contribution in [0.15, 0.2) is 35.5 Å². The van der Waals surface area contributed by atoms with E-state index in [1.54, 1.807) is 11.8 Å². The number of carbonyl (C=O) groups excluding carboxylic acids is 2. The lowest BCUT2D eigenvalue weighted by Gasteiger charge is -2.15. The minimum absolute atomic E-state index is 0.0442. The Hall–Kier alpha value is -1.95. The number of carbonyl (C=O) groups is 2. The van der Waals surface area contributed by atoms with Crippen molar-refractivity contribution >= 4 is 35.0 Å². The number of hydrogen-bond donors (Lipinski definition) is 2. The van der Waals surface area contributed by atoms with Crippen molar-refractivity contribution in [3.8, 4) is 0 Å². The van der Waals surface area contributed by atoms with Crippen LogP contribution in [0, 0.1) is 5.92 Å². The molecule has 1 aliphatic rings. The van der Waals surface area contributed by atoms with Crippen LogP contribution in [0.3, 0.4) is 0 Å². The Morgan fingerprint density at radius 2 is 1.86 bits per heavy atom. The maximum atomic E-state index is 11.9. The highest BCUT2D eigenvalue weighted by Gasteiger charge is 2.22. The van der Waals surface area contributed by atoms with Crippen LogP contribution in [0.25, 0.3) is 0 Å². The number of anilines is 2. The molecule has 1 aromatic rings. The van der Waals surface area contributed by atoms with Crippen LogP contribution >= 0.6 is 11.8 Å². The van der Waals surface area contributed by atoms with Crippen LogP contribution in [0.1, 0.15) is 13.8 Å². The van der Waals surface area contributed by atoms with Crippen LogP contribution in [0.4, 0.5) is 11.4 Å². The summed E-state index contributed by atoms with van der Waals surface area (Å²) in [5, 5.41) is 6.16. The predicted octanol–water partition coefficient (Wildman–Crippen LogP) is 2.87. The van der Waals surface area contributed by atoms with Crippen LogP contribution in [-0.4, -0.2) is 30.5 Å². The summed E-state index contributed by atoms with van der Waals surface area (Å²) in [6.45, 7) is 3.69. The molecule has 1 aromatic carbocycles. The molecule has 0 radical (unpaired) electrons. The third-order valence-electron chi connectivity index (χ3n) is 3.28. The van der Waals surface area contributed by atoms with Crippen molar-refractivity contribution in [1.82, 2.24) is 0 Å². The number of rotatable bonds is 5. The van der Waals surface area contributed by atoms with Crippen molar-refractivity contribution in [3.63, 3.8) is 0 Å². The summed E-state index contributed by atoms with van der Waals surface area (Å²) < 4.78 is 4.81.